The topological polar surface area (TPSA) is 244 Å². The number of rotatable bonds is 16. The molecule has 2 saturated heterocycles. The van der Waals surface area contributed by atoms with E-state index in [9.17, 15) is 44.6 Å². The highest BCUT2D eigenvalue weighted by molar-refractivity contribution is 8.76. The van der Waals surface area contributed by atoms with Crippen molar-refractivity contribution in [3.05, 3.63) is 88.1 Å². The second-order valence-corrected chi connectivity index (χ2v) is 18.4. The highest BCUT2D eigenvalue weighted by atomic mass is 33.1. The molecule has 0 spiro atoms. The molecule has 0 radical (unpaired) electrons. The number of nitro groups is 1. The molecule has 4 aliphatic rings. The van der Waals surface area contributed by atoms with Crippen LogP contribution in [0.5, 0.6) is 23.0 Å². The Balaban J connectivity index is 0.995. The first kappa shape index (κ1) is 46.8. The first-order chi connectivity index (χ1) is 31.1. The van der Waals surface area contributed by atoms with Crippen molar-refractivity contribution in [1.29, 1.82) is 0 Å². The Morgan fingerprint density at radius 2 is 1.37 bits per heavy atom. The zero-order chi connectivity index (χ0) is 46.7. The lowest BCUT2D eigenvalue weighted by atomic mass is 10.1. The van der Waals surface area contributed by atoms with E-state index in [0.717, 1.165) is 16.0 Å². The number of hydrogen-bond donors (Lipinski definition) is 3. The Labute approximate surface area is 381 Å². The van der Waals surface area contributed by atoms with Gasteiger partial charge in [-0.15, -0.1) is 0 Å². The van der Waals surface area contributed by atoms with Crippen molar-refractivity contribution in [2.45, 2.75) is 73.8 Å². The molecule has 3 aromatic rings. The van der Waals surface area contributed by atoms with Crippen LogP contribution in [0, 0.1) is 10.1 Å². The summed E-state index contributed by atoms with van der Waals surface area (Å²) in [5, 5.41) is 44.2. The van der Waals surface area contributed by atoms with Gasteiger partial charge in [-0.3, -0.25) is 19.7 Å². The smallest absolute Gasteiger partial charge is 0.416 e. The van der Waals surface area contributed by atoms with E-state index in [1.807, 2.05) is 6.92 Å². The fourth-order valence-corrected chi connectivity index (χ4v) is 9.93. The van der Waals surface area contributed by atoms with Crippen LogP contribution in [0.3, 0.4) is 0 Å². The zero-order valence-corrected chi connectivity index (χ0v) is 37.4. The molecule has 0 bridgehead atoms. The first-order valence-electron chi connectivity index (χ1n) is 20.5. The van der Waals surface area contributed by atoms with E-state index >= 15 is 0 Å². The van der Waals surface area contributed by atoms with Crippen LogP contribution in [0.2, 0.25) is 0 Å². The Morgan fingerprint density at radius 3 is 1.85 bits per heavy atom. The molecule has 65 heavy (non-hydrogen) atoms. The fraction of sp³-hybridized carbons (Fsp3) is 0.419. The molecule has 346 valence electrons. The summed E-state index contributed by atoms with van der Waals surface area (Å²) < 4.78 is 29.0. The molecule has 5 heterocycles. The zero-order valence-electron chi connectivity index (χ0n) is 35.7. The highest BCUT2D eigenvalue weighted by Crippen LogP contribution is 2.44. The number of fused-ring (bicyclic) bond motifs is 4. The average molecular weight is 937 g/mol. The lowest BCUT2D eigenvalue weighted by Gasteiger charge is -2.31. The maximum absolute atomic E-state index is 14.0. The predicted octanol–water partition coefficient (Wildman–Crippen LogP) is 6.10. The maximum atomic E-state index is 14.0. The summed E-state index contributed by atoms with van der Waals surface area (Å²) in [6.45, 7) is 10.4. The third-order valence-corrected chi connectivity index (χ3v) is 14.0. The highest BCUT2D eigenvalue weighted by Gasteiger charge is 2.48. The first-order valence-corrected chi connectivity index (χ1v) is 22.8. The summed E-state index contributed by atoms with van der Waals surface area (Å²) >= 11 is 0. The van der Waals surface area contributed by atoms with Gasteiger partial charge in [-0.2, -0.15) is 0 Å². The average Bonchev–Trinajstić information content (AvgIpc) is 3.85. The summed E-state index contributed by atoms with van der Waals surface area (Å²) in [6.07, 6.45) is -2.04. The summed E-state index contributed by atoms with van der Waals surface area (Å²) in [4.78, 5) is 73.1. The number of ether oxygens (including phenoxy) is 5. The number of carbonyl (C=O) groups excluding carboxylic acids is 3. The third kappa shape index (κ3) is 9.75. The molecule has 5 atom stereocenters. The van der Waals surface area contributed by atoms with Crippen LogP contribution < -0.4 is 28.7 Å². The van der Waals surface area contributed by atoms with Crippen LogP contribution in [0.25, 0.3) is 0 Å². The number of aromatic nitrogens is 1. The number of carboxylic acid groups (broad SMARTS) is 1. The van der Waals surface area contributed by atoms with Crippen molar-refractivity contribution in [3.63, 3.8) is 0 Å². The van der Waals surface area contributed by atoms with Crippen molar-refractivity contribution in [2.75, 3.05) is 56.9 Å². The standard InChI is InChI=1S/C43H48N6O14S2/c1-23-13-31-40(52)47(42(54)55)29-17-35(33(59-4)15-27(29)38(50)45(31)20-23)61-11-7-6-8-12-62-36-18-30-28(16-34(36)60-5)39(51)46-21-24(2)14-32(46)41(53)48(30)43(56)63-22-25(3)64-65-37-10-9-26(19-44-37)49(57)58/h9-10,15-19,25,31-32,40-41,52-53H,1-2,6-8,11-14,20-22H2,3-5H3,(H,54,55)/t25-,31+,32+,40+,41+/m1/s1. The van der Waals surface area contributed by atoms with Crippen LogP contribution >= 0.6 is 21.6 Å². The minimum absolute atomic E-state index is 0.0249. The summed E-state index contributed by atoms with van der Waals surface area (Å²) in [6, 6.07) is 7.02. The van der Waals surface area contributed by atoms with Crippen molar-refractivity contribution >= 4 is 62.7 Å². The molecular weight excluding hydrogens is 889 g/mol. The number of benzene rings is 2. The van der Waals surface area contributed by atoms with Gasteiger partial charge in [-0.25, -0.2) is 24.4 Å². The second kappa shape index (κ2) is 19.9. The van der Waals surface area contributed by atoms with E-state index in [2.05, 4.69) is 18.1 Å². The van der Waals surface area contributed by atoms with Crippen LogP contribution in [-0.2, 0) is 4.74 Å². The number of methoxy groups -OCH3 is 2. The van der Waals surface area contributed by atoms with Gasteiger partial charge in [0.15, 0.2) is 35.5 Å². The number of unbranched alkanes of at least 4 members (excludes halogenated alkanes) is 2. The molecule has 0 aliphatic carbocycles. The molecule has 4 aliphatic heterocycles. The fourth-order valence-electron chi connectivity index (χ4n) is 8.07. The van der Waals surface area contributed by atoms with Crippen LogP contribution in [0.15, 0.2) is 71.9 Å². The van der Waals surface area contributed by atoms with Crippen LogP contribution in [0.1, 0.15) is 59.7 Å². The molecule has 2 fully saturated rings. The molecule has 0 saturated carbocycles. The second-order valence-electron chi connectivity index (χ2n) is 15.7. The maximum Gasteiger partial charge on any atom is 0.416 e. The molecule has 20 nitrogen and oxygen atoms in total. The lowest BCUT2D eigenvalue weighted by Crippen LogP contribution is -2.51. The minimum Gasteiger partial charge on any atom is -0.493 e. The van der Waals surface area contributed by atoms with Crippen molar-refractivity contribution < 1.29 is 63.1 Å². The monoisotopic (exact) mass is 936 g/mol. The van der Waals surface area contributed by atoms with Gasteiger partial charge < -0.3 is 48.8 Å². The predicted molar refractivity (Wildman–Crippen MR) is 238 cm³/mol. The third-order valence-electron chi connectivity index (χ3n) is 11.2. The Bertz CT molecular complexity index is 2390. The number of aliphatic hydroxyl groups excluding tert-OH is 2. The van der Waals surface area contributed by atoms with Gasteiger partial charge in [0.05, 0.1) is 66.9 Å². The van der Waals surface area contributed by atoms with Gasteiger partial charge in [0.1, 0.15) is 17.8 Å². The van der Waals surface area contributed by atoms with Crippen molar-refractivity contribution in [2.24, 2.45) is 0 Å². The van der Waals surface area contributed by atoms with Gasteiger partial charge in [-0.1, -0.05) is 35.1 Å². The Morgan fingerprint density at radius 1 is 0.846 bits per heavy atom. The van der Waals surface area contributed by atoms with Gasteiger partial charge in [0, 0.05) is 36.5 Å². The minimum atomic E-state index is -1.53. The van der Waals surface area contributed by atoms with Crippen LogP contribution in [-0.4, -0.2) is 136 Å². The Hall–Kier alpha value is -6.23. The van der Waals surface area contributed by atoms with Crippen molar-refractivity contribution in [3.8, 4) is 23.0 Å². The number of amides is 4. The number of pyridine rings is 1. The van der Waals surface area contributed by atoms with Crippen LogP contribution in [0.4, 0.5) is 26.7 Å². The lowest BCUT2D eigenvalue weighted by molar-refractivity contribution is -0.385. The number of aliphatic hydroxyl groups is 2. The molecule has 4 amide bonds. The van der Waals surface area contributed by atoms with E-state index in [0.29, 0.717) is 35.4 Å². The van der Waals surface area contributed by atoms with Gasteiger partial charge in [0.2, 0.25) is 0 Å². The number of hydrogen-bond acceptors (Lipinski definition) is 16. The quantitative estimate of drug-likeness (QED) is 0.0483. The number of anilines is 2. The summed E-state index contributed by atoms with van der Waals surface area (Å²) in [5.74, 6) is -0.0611. The molecule has 7 rings (SSSR count). The largest absolute Gasteiger partial charge is 0.493 e. The molecule has 0 unspecified atom stereocenters. The molecule has 2 aromatic carbocycles. The van der Waals surface area contributed by atoms with E-state index in [1.165, 1.54) is 82.0 Å². The van der Waals surface area contributed by atoms with Gasteiger partial charge in [-0.05, 0) is 68.0 Å². The molecule has 1 aromatic heterocycles. The summed E-state index contributed by atoms with van der Waals surface area (Å²) in [7, 11) is 5.40. The molecule has 3 N–H and O–H groups in total. The molecule has 22 heteroatoms. The number of nitrogens with zero attached hydrogens (tertiary/aromatic N) is 6. The SMILES string of the molecule is C=C1C[C@H]2[C@H](O)N(C(=O)O)c3cc(OCCCCCOc4cc5c(cc4OC)C(=O)N4CC(=C)C[C@H]4[C@H](O)N5C(=O)OC[C@@H](C)SSc4ccc([N+](=O)[O-])cn4)c(OC)cc3C(=O)N2C1. The van der Waals surface area contributed by atoms with E-state index in [1.54, 1.807) is 0 Å². The Kier molecular flexibility index (Phi) is 14.3. The number of carbonyl (C=O) groups is 4. The normalized spacial score (nSPS) is 20.6. The molecular formula is C43H48N6O14S2. The van der Waals surface area contributed by atoms with E-state index in [4.69, 9.17) is 23.7 Å². The van der Waals surface area contributed by atoms with E-state index < -0.39 is 53.5 Å². The summed E-state index contributed by atoms with van der Waals surface area (Å²) in [5.41, 5.74) is 1.46. The van der Waals surface area contributed by atoms with Gasteiger partial charge in [0.25, 0.3) is 17.5 Å². The van der Waals surface area contributed by atoms with E-state index in [-0.39, 0.29) is 102 Å². The van der Waals surface area contributed by atoms with Crippen molar-refractivity contribution in [1.82, 2.24) is 14.8 Å². The van der Waals surface area contributed by atoms with Gasteiger partial charge >= 0.3 is 12.2 Å².